The molecule has 0 radical (unpaired) electrons. The van der Waals surface area contributed by atoms with Crippen LogP contribution in [0, 0.1) is 0 Å². The number of carboxylic acid groups (broad SMARTS) is 1. The molecule has 5 heteroatoms. The fourth-order valence-electron chi connectivity index (χ4n) is 2.42. The second-order valence-electron chi connectivity index (χ2n) is 5.62. The summed E-state index contributed by atoms with van der Waals surface area (Å²) >= 11 is 1.50. The molecule has 1 heterocycles. The van der Waals surface area contributed by atoms with E-state index in [9.17, 15) is 4.79 Å². The van der Waals surface area contributed by atoms with Gasteiger partial charge in [-0.1, -0.05) is 36.4 Å². The van der Waals surface area contributed by atoms with Crippen LogP contribution in [0.5, 0.6) is 0 Å². The number of carboxylic acids is 1. The normalized spacial score (nSPS) is 17.0. The summed E-state index contributed by atoms with van der Waals surface area (Å²) in [5, 5.41) is 9.82. The molecule has 0 aliphatic carbocycles. The lowest BCUT2D eigenvalue weighted by atomic mass is 10.0. The second kappa shape index (κ2) is 6.46. The van der Waals surface area contributed by atoms with Gasteiger partial charge < -0.3 is 10.0 Å². The molecule has 23 heavy (non-hydrogen) atoms. The summed E-state index contributed by atoms with van der Waals surface area (Å²) < 4.78 is 0. The number of rotatable bonds is 4. The van der Waals surface area contributed by atoms with Gasteiger partial charge in [-0.15, -0.1) is 11.8 Å². The molecule has 1 N–H and O–H groups in total. The highest BCUT2D eigenvalue weighted by Gasteiger charge is 2.24. The van der Waals surface area contributed by atoms with Crippen molar-refractivity contribution in [1.29, 1.82) is 0 Å². The lowest BCUT2D eigenvalue weighted by Gasteiger charge is -2.12. The van der Waals surface area contributed by atoms with Crippen molar-refractivity contribution in [2.24, 2.45) is 4.99 Å². The fraction of sp³-hybridized carbons (Fsp3) is 0.222. The average Bonchev–Trinajstić information content (AvgIpc) is 3.05. The predicted molar refractivity (Wildman–Crippen MR) is 96.6 cm³/mol. The third-order valence-corrected chi connectivity index (χ3v) is 4.88. The quantitative estimate of drug-likeness (QED) is 0.936. The average molecular weight is 326 g/mol. The smallest absolute Gasteiger partial charge is 0.329 e. The van der Waals surface area contributed by atoms with Crippen LogP contribution in [0.3, 0.4) is 0 Å². The third kappa shape index (κ3) is 3.40. The highest BCUT2D eigenvalue weighted by molar-refractivity contribution is 8.14. The van der Waals surface area contributed by atoms with E-state index in [0.29, 0.717) is 5.75 Å². The van der Waals surface area contributed by atoms with Crippen molar-refractivity contribution in [3.63, 3.8) is 0 Å². The third-order valence-electron chi connectivity index (χ3n) is 3.78. The van der Waals surface area contributed by atoms with E-state index in [1.54, 1.807) is 0 Å². The molecule has 4 nitrogen and oxygen atoms in total. The van der Waals surface area contributed by atoms with Crippen LogP contribution in [0.4, 0.5) is 5.69 Å². The van der Waals surface area contributed by atoms with E-state index < -0.39 is 12.0 Å². The first-order chi connectivity index (χ1) is 11.0. The van der Waals surface area contributed by atoms with E-state index in [1.165, 1.54) is 17.4 Å². The number of benzene rings is 2. The summed E-state index contributed by atoms with van der Waals surface area (Å²) in [6, 6.07) is 15.9. The molecule has 0 spiro atoms. The molecule has 0 saturated carbocycles. The Kier molecular flexibility index (Phi) is 4.39. The van der Waals surface area contributed by atoms with Gasteiger partial charge in [-0.3, -0.25) is 4.99 Å². The zero-order chi connectivity index (χ0) is 16.4. The molecular weight excluding hydrogens is 308 g/mol. The highest BCUT2D eigenvalue weighted by Crippen LogP contribution is 2.27. The first-order valence-electron chi connectivity index (χ1n) is 7.36. The van der Waals surface area contributed by atoms with Crippen molar-refractivity contribution in [1.82, 2.24) is 0 Å². The summed E-state index contributed by atoms with van der Waals surface area (Å²) in [5.41, 5.74) is 4.44. The van der Waals surface area contributed by atoms with Crippen LogP contribution in [-0.2, 0) is 4.79 Å². The summed E-state index contributed by atoms with van der Waals surface area (Å²) in [7, 11) is 4.04. The molecular formula is C18H18N2O2S. The van der Waals surface area contributed by atoms with Gasteiger partial charge >= 0.3 is 5.97 Å². The highest BCUT2D eigenvalue weighted by atomic mass is 32.2. The van der Waals surface area contributed by atoms with E-state index in [1.807, 2.05) is 26.2 Å². The van der Waals surface area contributed by atoms with Gasteiger partial charge in [0.2, 0.25) is 0 Å². The summed E-state index contributed by atoms with van der Waals surface area (Å²) in [6.07, 6.45) is 0. The predicted octanol–water partition coefficient (Wildman–Crippen LogP) is 3.37. The number of nitrogens with zero attached hydrogens (tertiary/aromatic N) is 2. The molecule has 1 atom stereocenters. The Hall–Kier alpha value is -2.27. The van der Waals surface area contributed by atoms with Crippen molar-refractivity contribution in [2.75, 3.05) is 24.7 Å². The molecule has 2 aromatic carbocycles. The largest absolute Gasteiger partial charge is 0.480 e. The van der Waals surface area contributed by atoms with Gasteiger partial charge in [0.1, 0.15) is 0 Å². The molecule has 1 aliphatic heterocycles. The Bertz CT molecular complexity index is 737. The van der Waals surface area contributed by atoms with Gasteiger partial charge in [0, 0.05) is 31.1 Å². The van der Waals surface area contributed by atoms with Gasteiger partial charge in [-0.2, -0.15) is 0 Å². The van der Waals surface area contributed by atoms with E-state index in [-0.39, 0.29) is 0 Å². The first-order valence-corrected chi connectivity index (χ1v) is 8.35. The minimum absolute atomic E-state index is 0.512. The first kappa shape index (κ1) is 15.6. The minimum atomic E-state index is -0.856. The Morgan fingerprint density at radius 3 is 2.04 bits per heavy atom. The van der Waals surface area contributed by atoms with Gasteiger partial charge in [-0.05, 0) is 23.3 Å². The molecule has 0 fully saturated rings. The minimum Gasteiger partial charge on any atom is -0.480 e. The molecule has 1 aliphatic rings. The second-order valence-corrected chi connectivity index (χ2v) is 6.63. The molecule has 0 bridgehead atoms. The summed E-state index contributed by atoms with van der Waals surface area (Å²) in [4.78, 5) is 17.3. The van der Waals surface area contributed by atoms with E-state index in [0.717, 1.165) is 21.7 Å². The van der Waals surface area contributed by atoms with Gasteiger partial charge in [-0.25, -0.2) is 4.79 Å². The number of hydrogen-bond acceptors (Lipinski definition) is 4. The molecule has 0 amide bonds. The Morgan fingerprint density at radius 1 is 1.04 bits per heavy atom. The maximum atomic E-state index is 11.0. The Labute approximate surface area is 139 Å². The van der Waals surface area contributed by atoms with Crippen LogP contribution in [0.15, 0.2) is 53.5 Å². The van der Waals surface area contributed by atoms with E-state index in [4.69, 9.17) is 5.11 Å². The monoisotopic (exact) mass is 326 g/mol. The number of carbonyl (C=O) groups is 1. The summed E-state index contributed by atoms with van der Waals surface area (Å²) in [6.45, 7) is 0. The molecule has 0 saturated heterocycles. The van der Waals surface area contributed by atoms with Crippen LogP contribution in [-0.4, -0.2) is 42.0 Å². The number of aliphatic carboxylic acids is 1. The lowest BCUT2D eigenvalue weighted by Crippen LogP contribution is -2.17. The number of thioether (sulfide) groups is 1. The van der Waals surface area contributed by atoms with Gasteiger partial charge in [0.25, 0.3) is 0 Å². The SMILES string of the molecule is CN(C)c1ccc(-c2ccc(C3=NC(C(=O)O)CS3)cc2)cc1. The van der Waals surface area contributed by atoms with Crippen molar-refractivity contribution in [2.45, 2.75) is 6.04 Å². The number of anilines is 1. The van der Waals surface area contributed by atoms with E-state index in [2.05, 4.69) is 46.3 Å². The van der Waals surface area contributed by atoms with Crippen molar-refractivity contribution in [3.8, 4) is 11.1 Å². The molecule has 118 valence electrons. The van der Waals surface area contributed by atoms with Crippen LogP contribution < -0.4 is 4.90 Å². The Balaban J connectivity index is 1.80. The standard InChI is InChI=1S/C18H18N2O2S/c1-20(2)15-9-7-13(8-10-15)12-3-5-14(6-4-12)17-19-16(11-23-17)18(21)22/h3-10,16H,11H2,1-2H3,(H,21,22). The molecule has 0 aromatic heterocycles. The van der Waals surface area contributed by atoms with Gasteiger partial charge in [0.15, 0.2) is 6.04 Å². The van der Waals surface area contributed by atoms with E-state index >= 15 is 0 Å². The zero-order valence-electron chi connectivity index (χ0n) is 13.1. The van der Waals surface area contributed by atoms with Crippen molar-refractivity contribution >= 4 is 28.5 Å². The van der Waals surface area contributed by atoms with Crippen LogP contribution >= 0.6 is 11.8 Å². The number of hydrogen-bond donors (Lipinski definition) is 1. The zero-order valence-corrected chi connectivity index (χ0v) is 13.9. The van der Waals surface area contributed by atoms with Crippen LogP contribution in [0.25, 0.3) is 11.1 Å². The maximum Gasteiger partial charge on any atom is 0.329 e. The van der Waals surface area contributed by atoms with Crippen LogP contribution in [0.2, 0.25) is 0 Å². The number of aliphatic imine (C=N–C) groups is 1. The molecule has 2 aromatic rings. The van der Waals surface area contributed by atoms with Crippen LogP contribution in [0.1, 0.15) is 5.56 Å². The molecule has 1 unspecified atom stereocenters. The maximum absolute atomic E-state index is 11.0. The van der Waals surface area contributed by atoms with Crippen molar-refractivity contribution in [3.05, 3.63) is 54.1 Å². The van der Waals surface area contributed by atoms with Crippen molar-refractivity contribution < 1.29 is 9.90 Å². The summed E-state index contributed by atoms with van der Waals surface area (Å²) in [5.74, 6) is -0.344. The van der Waals surface area contributed by atoms with Gasteiger partial charge in [0.05, 0.1) is 5.04 Å². The lowest BCUT2D eigenvalue weighted by molar-refractivity contribution is -0.137. The topological polar surface area (TPSA) is 52.9 Å². The Morgan fingerprint density at radius 2 is 1.57 bits per heavy atom. The molecule has 3 rings (SSSR count). The fourth-order valence-corrected chi connectivity index (χ4v) is 3.45.